The van der Waals surface area contributed by atoms with Gasteiger partial charge < -0.3 is 5.32 Å². The molecule has 4 rings (SSSR count). The molecule has 8 heteroatoms. The summed E-state index contributed by atoms with van der Waals surface area (Å²) in [6, 6.07) is 7.54. The average molecular weight is 363 g/mol. The number of rotatable bonds is 4. The van der Waals surface area contributed by atoms with Gasteiger partial charge in [0.1, 0.15) is 0 Å². The van der Waals surface area contributed by atoms with Crippen LogP contribution in [0.25, 0.3) is 16.7 Å². The first-order chi connectivity index (χ1) is 13.0. The van der Waals surface area contributed by atoms with Gasteiger partial charge in [0.25, 0.3) is 5.91 Å². The summed E-state index contributed by atoms with van der Waals surface area (Å²) in [5.41, 5.74) is 3.70. The van der Waals surface area contributed by atoms with Gasteiger partial charge in [-0.1, -0.05) is 19.9 Å². The van der Waals surface area contributed by atoms with Crippen LogP contribution in [0.3, 0.4) is 0 Å². The highest BCUT2D eigenvalue weighted by molar-refractivity contribution is 6.06. The van der Waals surface area contributed by atoms with Crippen molar-refractivity contribution in [3.8, 4) is 0 Å². The van der Waals surface area contributed by atoms with Crippen molar-refractivity contribution in [1.29, 1.82) is 0 Å². The summed E-state index contributed by atoms with van der Waals surface area (Å²) in [5.74, 6) is 0.709. The van der Waals surface area contributed by atoms with Gasteiger partial charge in [0.15, 0.2) is 17.1 Å². The van der Waals surface area contributed by atoms with Gasteiger partial charge in [-0.25, -0.2) is 4.98 Å². The largest absolute Gasteiger partial charge is 0.345 e. The van der Waals surface area contributed by atoms with Crippen LogP contribution >= 0.6 is 0 Å². The number of nitrogens with zero attached hydrogens (tertiary/aromatic N) is 6. The highest BCUT2D eigenvalue weighted by Gasteiger charge is 2.20. The Morgan fingerprint density at radius 2 is 2.07 bits per heavy atom. The molecule has 4 aromatic rings. The molecule has 138 valence electrons. The topological polar surface area (TPSA) is 90.0 Å². The van der Waals surface area contributed by atoms with Gasteiger partial charge in [-0.2, -0.15) is 5.10 Å². The van der Waals surface area contributed by atoms with E-state index in [1.54, 1.807) is 4.68 Å². The summed E-state index contributed by atoms with van der Waals surface area (Å²) in [6.45, 7) is 6.29. The summed E-state index contributed by atoms with van der Waals surface area (Å²) in [5, 5.41) is 16.4. The van der Waals surface area contributed by atoms with E-state index in [1.807, 2.05) is 48.8 Å². The van der Waals surface area contributed by atoms with Crippen molar-refractivity contribution in [1.82, 2.24) is 34.7 Å². The van der Waals surface area contributed by atoms with Crippen molar-refractivity contribution in [2.45, 2.75) is 33.2 Å². The van der Waals surface area contributed by atoms with Gasteiger partial charge in [0.05, 0.1) is 23.2 Å². The molecule has 0 radical (unpaired) electrons. The first-order valence-electron chi connectivity index (χ1n) is 8.86. The number of aryl methyl sites for hydroxylation is 2. The van der Waals surface area contributed by atoms with Crippen LogP contribution in [0.4, 0.5) is 0 Å². The van der Waals surface area contributed by atoms with Gasteiger partial charge in [-0.15, -0.1) is 10.2 Å². The second-order valence-electron chi connectivity index (χ2n) is 6.88. The summed E-state index contributed by atoms with van der Waals surface area (Å²) < 4.78 is 3.58. The van der Waals surface area contributed by atoms with E-state index in [-0.39, 0.29) is 18.4 Å². The number of carbonyl (C=O) groups is 1. The molecule has 27 heavy (non-hydrogen) atoms. The van der Waals surface area contributed by atoms with Crippen LogP contribution in [0, 0.1) is 6.92 Å². The quantitative estimate of drug-likeness (QED) is 0.601. The number of carbonyl (C=O) groups excluding carboxylic acids is 1. The molecule has 0 atom stereocenters. The third-order valence-electron chi connectivity index (χ3n) is 4.62. The molecule has 0 unspecified atom stereocenters. The lowest BCUT2D eigenvalue weighted by atomic mass is 10.0. The molecule has 0 saturated carbocycles. The number of hydrogen-bond donors (Lipinski definition) is 1. The second kappa shape index (κ2) is 6.46. The minimum atomic E-state index is -0.173. The fourth-order valence-electron chi connectivity index (χ4n) is 3.21. The van der Waals surface area contributed by atoms with Crippen molar-refractivity contribution in [2.75, 3.05) is 0 Å². The smallest absolute Gasteiger partial charge is 0.252 e. The molecule has 0 aliphatic heterocycles. The summed E-state index contributed by atoms with van der Waals surface area (Å²) in [6.07, 6.45) is 1.88. The molecule has 0 aromatic carbocycles. The van der Waals surface area contributed by atoms with Crippen LogP contribution in [0.2, 0.25) is 0 Å². The van der Waals surface area contributed by atoms with E-state index < -0.39 is 0 Å². The number of nitrogens with one attached hydrogen (secondary N) is 1. The van der Waals surface area contributed by atoms with E-state index in [4.69, 9.17) is 0 Å². The number of aromatic nitrogens is 6. The van der Waals surface area contributed by atoms with Crippen molar-refractivity contribution >= 4 is 22.6 Å². The highest BCUT2D eigenvalue weighted by atomic mass is 16.1. The third kappa shape index (κ3) is 2.92. The molecule has 0 spiro atoms. The predicted octanol–water partition coefficient (Wildman–Crippen LogP) is 2.37. The monoisotopic (exact) mass is 363 g/mol. The normalized spacial score (nSPS) is 11.6. The summed E-state index contributed by atoms with van der Waals surface area (Å²) in [7, 11) is 1.84. The first-order valence-corrected chi connectivity index (χ1v) is 8.86. The molecule has 0 fully saturated rings. The lowest BCUT2D eigenvalue weighted by Gasteiger charge is -2.10. The zero-order valence-electron chi connectivity index (χ0n) is 15.8. The van der Waals surface area contributed by atoms with E-state index in [0.717, 1.165) is 28.1 Å². The highest BCUT2D eigenvalue weighted by Crippen LogP contribution is 2.24. The molecular weight excluding hydrogens is 342 g/mol. The van der Waals surface area contributed by atoms with Crippen molar-refractivity contribution in [2.24, 2.45) is 7.05 Å². The number of pyridine rings is 2. The molecule has 1 amide bonds. The first kappa shape index (κ1) is 17.1. The van der Waals surface area contributed by atoms with Crippen molar-refractivity contribution in [3.05, 3.63) is 53.2 Å². The molecule has 0 aliphatic rings. The Hall–Kier alpha value is -3.29. The molecule has 4 aromatic heterocycles. The molecule has 8 nitrogen and oxygen atoms in total. The Kier molecular flexibility index (Phi) is 4.10. The number of hydrogen-bond acceptors (Lipinski definition) is 5. The summed E-state index contributed by atoms with van der Waals surface area (Å²) in [4.78, 5) is 17.7. The van der Waals surface area contributed by atoms with Gasteiger partial charge >= 0.3 is 0 Å². The Morgan fingerprint density at radius 3 is 2.85 bits per heavy atom. The van der Waals surface area contributed by atoms with E-state index in [1.165, 1.54) is 0 Å². The van der Waals surface area contributed by atoms with Crippen molar-refractivity contribution < 1.29 is 4.79 Å². The van der Waals surface area contributed by atoms with Crippen LogP contribution < -0.4 is 5.32 Å². The minimum Gasteiger partial charge on any atom is -0.345 e. The molecule has 1 N–H and O–H groups in total. The fourth-order valence-corrected chi connectivity index (χ4v) is 3.21. The van der Waals surface area contributed by atoms with Crippen molar-refractivity contribution in [3.63, 3.8) is 0 Å². The Bertz CT molecular complexity index is 1160. The Balaban J connectivity index is 1.69. The van der Waals surface area contributed by atoms with Crippen LogP contribution in [0.5, 0.6) is 0 Å². The standard InChI is InChI=1S/C19H21N7O/c1-11(2)14-9-13(17-12(3)24-25(4)18(17)21-14)19(27)20-10-16-23-22-15-7-5-6-8-26(15)16/h5-9,11H,10H2,1-4H3,(H,20,27). The van der Waals surface area contributed by atoms with Crippen LogP contribution in [0.1, 0.15) is 47.3 Å². The van der Waals surface area contributed by atoms with E-state index in [9.17, 15) is 4.79 Å². The molecule has 4 heterocycles. The zero-order chi connectivity index (χ0) is 19.1. The lowest BCUT2D eigenvalue weighted by Crippen LogP contribution is -2.24. The van der Waals surface area contributed by atoms with E-state index in [0.29, 0.717) is 11.4 Å². The average Bonchev–Trinajstić information content (AvgIpc) is 3.20. The molecule has 0 saturated heterocycles. The maximum atomic E-state index is 13.0. The summed E-state index contributed by atoms with van der Waals surface area (Å²) >= 11 is 0. The van der Waals surface area contributed by atoms with Crippen LogP contribution in [-0.4, -0.2) is 35.3 Å². The Labute approximate surface area is 156 Å². The van der Waals surface area contributed by atoms with Crippen LogP contribution in [0.15, 0.2) is 30.5 Å². The minimum absolute atomic E-state index is 0.173. The number of amides is 1. The SMILES string of the molecule is Cc1nn(C)c2nc(C(C)C)cc(C(=O)NCc3nnc4ccccn34)c12. The predicted molar refractivity (Wildman–Crippen MR) is 101 cm³/mol. The molecule has 0 aliphatic carbocycles. The van der Waals surface area contributed by atoms with Gasteiger partial charge in [0.2, 0.25) is 0 Å². The van der Waals surface area contributed by atoms with E-state index >= 15 is 0 Å². The number of fused-ring (bicyclic) bond motifs is 2. The second-order valence-corrected chi connectivity index (χ2v) is 6.88. The molecular formula is C19H21N7O. The van der Waals surface area contributed by atoms with Gasteiger partial charge in [0, 0.05) is 18.9 Å². The molecule has 0 bridgehead atoms. The maximum absolute atomic E-state index is 13.0. The Morgan fingerprint density at radius 1 is 1.26 bits per heavy atom. The van der Waals surface area contributed by atoms with Gasteiger partial charge in [-0.05, 0) is 31.0 Å². The third-order valence-corrected chi connectivity index (χ3v) is 4.62. The van der Waals surface area contributed by atoms with Crippen LogP contribution in [-0.2, 0) is 13.6 Å². The van der Waals surface area contributed by atoms with E-state index in [2.05, 4.69) is 39.4 Å². The van der Waals surface area contributed by atoms with Gasteiger partial charge in [-0.3, -0.25) is 13.9 Å². The maximum Gasteiger partial charge on any atom is 0.252 e. The lowest BCUT2D eigenvalue weighted by molar-refractivity contribution is 0.0951. The zero-order valence-corrected chi connectivity index (χ0v) is 15.8. The fraction of sp³-hybridized carbons (Fsp3) is 0.316.